The van der Waals surface area contributed by atoms with E-state index < -0.39 is 0 Å². The molecular weight excluding hydrogens is 180 g/mol. The maximum Gasteiger partial charge on any atom is 0.0254 e. The molecule has 2 heterocycles. The third kappa shape index (κ3) is 2.20. The number of likely N-dealkylation sites (tertiary alicyclic amines) is 1. The van der Waals surface area contributed by atoms with Crippen molar-refractivity contribution in [2.45, 2.75) is 25.3 Å². The van der Waals surface area contributed by atoms with Gasteiger partial charge in [-0.15, -0.1) is 0 Å². The molecule has 0 aromatic rings. The Morgan fingerprint density at radius 2 is 2.15 bits per heavy atom. The number of rotatable bonds is 3. The lowest BCUT2D eigenvalue weighted by molar-refractivity contribution is 0.191. The zero-order chi connectivity index (χ0) is 9.10. The zero-order valence-corrected chi connectivity index (χ0v) is 9.06. The first kappa shape index (κ1) is 9.81. The molecule has 2 fully saturated rings. The van der Waals surface area contributed by atoms with Gasteiger partial charge in [0.25, 0.3) is 0 Å². The zero-order valence-electron chi connectivity index (χ0n) is 8.24. The fourth-order valence-corrected chi connectivity index (χ4v) is 3.90. The summed E-state index contributed by atoms with van der Waals surface area (Å²) in [6.07, 6.45) is 4.16. The van der Waals surface area contributed by atoms with Crippen LogP contribution in [-0.4, -0.2) is 42.1 Å². The first-order valence-electron chi connectivity index (χ1n) is 5.43. The van der Waals surface area contributed by atoms with Gasteiger partial charge in [0, 0.05) is 12.6 Å². The normalized spacial score (nSPS) is 32.5. The van der Waals surface area contributed by atoms with Crippen molar-refractivity contribution in [3.05, 3.63) is 0 Å². The van der Waals surface area contributed by atoms with Crippen LogP contribution >= 0.6 is 11.8 Å². The highest BCUT2D eigenvalue weighted by molar-refractivity contribution is 7.99. The highest BCUT2D eigenvalue weighted by atomic mass is 32.2. The minimum Gasteiger partial charge on any atom is -0.329 e. The minimum atomic E-state index is 0.692. The van der Waals surface area contributed by atoms with Gasteiger partial charge in [-0.25, -0.2) is 0 Å². The molecule has 0 aliphatic carbocycles. The van der Waals surface area contributed by atoms with Crippen molar-refractivity contribution < 1.29 is 0 Å². The fourth-order valence-electron chi connectivity index (χ4n) is 2.57. The van der Waals surface area contributed by atoms with E-state index in [1.54, 1.807) is 0 Å². The van der Waals surface area contributed by atoms with E-state index in [4.69, 9.17) is 5.73 Å². The summed E-state index contributed by atoms with van der Waals surface area (Å²) >= 11 is 2.10. The van der Waals surface area contributed by atoms with Gasteiger partial charge >= 0.3 is 0 Å². The van der Waals surface area contributed by atoms with Gasteiger partial charge in [-0.05, 0) is 49.8 Å². The van der Waals surface area contributed by atoms with E-state index in [1.165, 1.54) is 43.9 Å². The van der Waals surface area contributed by atoms with Gasteiger partial charge in [0.1, 0.15) is 0 Å². The average molecular weight is 200 g/mol. The van der Waals surface area contributed by atoms with Gasteiger partial charge in [0.05, 0.1) is 0 Å². The minimum absolute atomic E-state index is 0.692. The summed E-state index contributed by atoms with van der Waals surface area (Å²) in [6.45, 7) is 3.46. The van der Waals surface area contributed by atoms with Crippen LogP contribution in [0.4, 0.5) is 0 Å². The van der Waals surface area contributed by atoms with Crippen molar-refractivity contribution in [1.82, 2.24) is 4.90 Å². The van der Waals surface area contributed by atoms with E-state index >= 15 is 0 Å². The summed E-state index contributed by atoms with van der Waals surface area (Å²) in [5.74, 6) is 3.58. The largest absolute Gasteiger partial charge is 0.329 e. The maximum atomic E-state index is 5.88. The van der Waals surface area contributed by atoms with Crippen molar-refractivity contribution >= 4 is 11.8 Å². The molecule has 0 amide bonds. The summed E-state index contributed by atoms with van der Waals surface area (Å²) in [4.78, 5) is 2.62. The number of hydrogen-bond acceptors (Lipinski definition) is 3. The van der Waals surface area contributed by atoms with Gasteiger partial charge in [0.15, 0.2) is 0 Å². The monoisotopic (exact) mass is 200 g/mol. The Balaban J connectivity index is 1.90. The third-order valence-corrected chi connectivity index (χ3v) is 4.55. The topological polar surface area (TPSA) is 29.3 Å². The standard InChI is InChI=1S/C10H20N2S/c11-7-10(9-3-6-13-8-9)12-4-1-2-5-12/h9-10H,1-8,11H2. The van der Waals surface area contributed by atoms with Gasteiger partial charge in [-0.3, -0.25) is 4.90 Å². The summed E-state index contributed by atoms with van der Waals surface area (Å²) < 4.78 is 0. The van der Waals surface area contributed by atoms with E-state index in [-0.39, 0.29) is 0 Å². The van der Waals surface area contributed by atoms with Crippen LogP contribution in [0.2, 0.25) is 0 Å². The first-order valence-corrected chi connectivity index (χ1v) is 6.59. The maximum absolute atomic E-state index is 5.88. The molecular formula is C10H20N2S. The molecule has 3 heteroatoms. The van der Waals surface area contributed by atoms with Crippen LogP contribution in [0.3, 0.4) is 0 Å². The lowest BCUT2D eigenvalue weighted by atomic mass is 9.98. The molecule has 0 radical (unpaired) electrons. The second-order valence-corrected chi connectivity index (χ2v) is 5.32. The van der Waals surface area contributed by atoms with Crippen molar-refractivity contribution in [3.8, 4) is 0 Å². The molecule has 2 atom stereocenters. The summed E-state index contributed by atoms with van der Waals surface area (Å²) in [7, 11) is 0. The molecule has 2 N–H and O–H groups in total. The molecule has 2 unspecified atom stereocenters. The Labute approximate surface area is 85.2 Å². The van der Waals surface area contributed by atoms with Crippen molar-refractivity contribution in [2.24, 2.45) is 11.7 Å². The van der Waals surface area contributed by atoms with Crippen LogP contribution in [0.25, 0.3) is 0 Å². The van der Waals surface area contributed by atoms with E-state index in [2.05, 4.69) is 16.7 Å². The Morgan fingerprint density at radius 1 is 1.38 bits per heavy atom. The lowest BCUT2D eigenvalue weighted by Crippen LogP contribution is -2.44. The van der Waals surface area contributed by atoms with E-state index in [0.717, 1.165) is 12.5 Å². The molecule has 0 saturated carbocycles. The van der Waals surface area contributed by atoms with Crippen LogP contribution in [0, 0.1) is 5.92 Å². The molecule has 76 valence electrons. The summed E-state index contributed by atoms with van der Waals surface area (Å²) in [5, 5.41) is 0. The first-order chi connectivity index (χ1) is 6.42. The van der Waals surface area contributed by atoms with Crippen LogP contribution in [-0.2, 0) is 0 Å². The van der Waals surface area contributed by atoms with Crippen molar-refractivity contribution in [2.75, 3.05) is 31.1 Å². The number of hydrogen-bond donors (Lipinski definition) is 1. The van der Waals surface area contributed by atoms with Crippen molar-refractivity contribution in [1.29, 1.82) is 0 Å². The molecule has 0 bridgehead atoms. The molecule has 0 spiro atoms. The van der Waals surface area contributed by atoms with Crippen LogP contribution in [0.15, 0.2) is 0 Å². The van der Waals surface area contributed by atoms with Gasteiger partial charge in [0.2, 0.25) is 0 Å². The molecule has 2 saturated heterocycles. The molecule has 2 nitrogen and oxygen atoms in total. The van der Waals surface area contributed by atoms with E-state index in [9.17, 15) is 0 Å². The number of nitrogens with two attached hydrogens (primary N) is 1. The summed E-state index contributed by atoms with van der Waals surface area (Å²) in [6, 6.07) is 0.692. The number of nitrogens with zero attached hydrogens (tertiary/aromatic N) is 1. The second-order valence-electron chi connectivity index (χ2n) is 4.17. The van der Waals surface area contributed by atoms with Crippen LogP contribution < -0.4 is 5.73 Å². The Bertz CT molecular complexity index is 135. The quantitative estimate of drug-likeness (QED) is 0.741. The van der Waals surface area contributed by atoms with E-state index in [0.29, 0.717) is 6.04 Å². The third-order valence-electron chi connectivity index (χ3n) is 3.36. The predicted molar refractivity (Wildman–Crippen MR) is 59.1 cm³/mol. The molecule has 0 aromatic heterocycles. The van der Waals surface area contributed by atoms with Crippen molar-refractivity contribution in [3.63, 3.8) is 0 Å². The average Bonchev–Trinajstić information content (AvgIpc) is 2.76. The number of thioether (sulfide) groups is 1. The predicted octanol–water partition coefficient (Wildman–Crippen LogP) is 1.16. The van der Waals surface area contributed by atoms with Gasteiger partial charge in [-0.2, -0.15) is 11.8 Å². The SMILES string of the molecule is NCC(C1CCSC1)N1CCCC1. The van der Waals surface area contributed by atoms with Crippen LogP contribution in [0.1, 0.15) is 19.3 Å². The smallest absolute Gasteiger partial charge is 0.0254 e. The molecule has 0 aromatic carbocycles. The Hall–Kier alpha value is 0.270. The second kappa shape index (κ2) is 4.67. The highest BCUT2D eigenvalue weighted by Gasteiger charge is 2.30. The highest BCUT2D eigenvalue weighted by Crippen LogP contribution is 2.29. The van der Waals surface area contributed by atoms with Gasteiger partial charge in [-0.1, -0.05) is 0 Å². The van der Waals surface area contributed by atoms with Gasteiger partial charge < -0.3 is 5.73 Å². The molecule has 2 aliphatic rings. The Morgan fingerprint density at radius 3 is 2.69 bits per heavy atom. The van der Waals surface area contributed by atoms with Crippen LogP contribution in [0.5, 0.6) is 0 Å². The van der Waals surface area contributed by atoms with E-state index in [1.807, 2.05) is 0 Å². The molecule has 2 aliphatic heterocycles. The fraction of sp³-hybridized carbons (Fsp3) is 1.00. The molecule has 13 heavy (non-hydrogen) atoms. The lowest BCUT2D eigenvalue weighted by Gasteiger charge is -2.30. The summed E-state index contributed by atoms with van der Waals surface area (Å²) in [5.41, 5.74) is 5.88. The molecule has 2 rings (SSSR count). The Kier molecular flexibility index (Phi) is 3.52.